The molecule has 1 aliphatic rings. The van der Waals surface area contributed by atoms with Gasteiger partial charge < -0.3 is 20.0 Å². The van der Waals surface area contributed by atoms with E-state index in [9.17, 15) is 9.59 Å². The van der Waals surface area contributed by atoms with E-state index in [0.29, 0.717) is 37.8 Å². The maximum atomic E-state index is 12.4. The highest BCUT2D eigenvalue weighted by atomic mass is 16.2. The average Bonchev–Trinajstić information content (AvgIpc) is 2.68. The van der Waals surface area contributed by atoms with Crippen molar-refractivity contribution in [2.45, 2.75) is 0 Å². The highest BCUT2D eigenvalue weighted by molar-refractivity contribution is 6.39. The lowest BCUT2D eigenvalue weighted by Crippen LogP contribution is -2.52. The van der Waals surface area contributed by atoms with E-state index in [1.807, 2.05) is 42.1 Å². The maximum Gasteiger partial charge on any atom is 0.313 e. The first-order chi connectivity index (χ1) is 12.5. The number of hydrogen-bond acceptors (Lipinski definition) is 6. The second-order valence-corrected chi connectivity index (χ2v) is 6.23. The van der Waals surface area contributed by atoms with Crippen LogP contribution in [-0.4, -0.2) is 67.0 Å². The minimum Gasteiger partial charge on any atom is -0.378 e. The average molecular weight is 354 g/mol. The molecule has 2 heterocycles. The van der Waals surface area contributed by atoms with Gasteiger partial charge in [-0.05, 0) is 24.3 Å². The van der Waals surface area contributed by atoms with Crippen LogP contribution in [0.3, 0.4) is 0 Å². The van der Waals surface area contributed by atoms with Crippen molar-refractivity contribution in [2.24, 2.45) is 0 Å². The summed E-state index contributed by atoms with van der Waals surface area (Å²) >= 11 is 0. The zero-order chi connectivity index (χ0) is 18.5. The fourth-order valence-electron chi connectivity index (χ4n) is 2.75. The van der Waals surface area contributed by atoms with Gasteiger partial charge >= 0.3 is 11.8 Å². The van der Waals surface area contributed by atoms with Crippen LogP contribution in [0, 0.1) is 0 Å². The molecule has 8 heteroatoms. The summed E-state index contributed by atoms with van der Waals surface area (Å²) in [5.74, 6) is -0.497. The molecule has 1 aliphatic heterocycles. The number of aromatic nitrogens is 2. The molecule has 136 valence electrons. The molecular formula is C18H22N6O2. The summed E-state index contributed by atoms with van der Waals surface area (Å²) in [6.45, 7) is 2.11. The standard InChI is InChI=1S/C18H22N6O2/c1-22(2)15-6-3-5-14(13-15)21-16(25)17(26)23-9-11-24(12-10-23)18-19-7-4-8-20-18/h3-8,13H,9-12H2,1-2H3,(H,21,25). The lowest BCUT2D eigenvalue weighted by Gasteiger charge is -2.34. The summed E-state index contributed by atoms with van der Waals surface area (Å²) in [7, 11) is 3.84. The van der Waals surface area contributed by atoms with Crippen LogP contribution in [0.5, 0.6) is 0 Å². The topological polar surface area (TPSA) is 81.7 Å². The Balaban J connectivity index is 1.56. The van der Waals surface area contributed by atoms with Gasteiger partial charge in [0, 0.05) is 64.0 Å². The van der Waals surface area contributed by atoms with Crippen molar-refractivity contribution < 1.29 is 9.59 Å². The largest absolute Gasteiger partial charge is 0.378 e. The van der Waals surface area contributed by atoms with E-state index in [1.165, 1.54) is 0 Å². The Morgan fingerprint density at radius 2 is 1.73 bits per heavy atom. The van der Waals surface area contributed by atoms with Crippen molar-refractivity contribution >= 4 is 29.1 Å². The first kappa shape index (κ1) is 17.7. The monoisotopic (exact) mass is 354 g/mol. The molecule has 2 aromatic rings. The molecule has 26 heavy (non-hydrogen) atoms. The molecule has 1 aromatic carbocycles. The van der Waals surface area contributed by atoms with Crippen molar-refractivity contribution in [3.63, 3.8) is 0 Å². The molecule has 0 saturated carbocycles. The molecule has 0 atom stereocenters. The van der Waals surface area contributed by atoms with Crippen LogP contribution in [0.4, 0.5) is 17.3 Å². The van der Waals surface area contributed by atoms with Gasteiger partial charge in [0.1, 0.15) is 0 Å². The second kappa shape index (κ2) is 7.81. The van der Waals surface area contributed by atoms with Gasteiger partial charge in [-0.25, -0.2) is 9.97 Å². The Morgan fingerprint density at radius 1 is 1.04 bits per heavy atom. The first-order valence-electron chi connectivity index (χ1n) is 8.44. The molecule has 1 fully saturated rings. The molecule has 1 saturated heterocycles. The van der Waals surface area contributed by atoms with E-state index >= 15 is 0 Å². The zero-order valence-corrected chi connectivity index (χ0v) is 14.9. The highest BCUT2D eigenvalue weighted by Gasteiger charge is 2.26. The van der Waals surface area contributed by atoms with Crippen LogP contribution < -0.4 is 15.1 Å². The minimum absolute atomic E-state index is 0.461. The number of amides is 2. The van der Waals surface area contributed by atoms with Gasteiger partial charge in [-0.1, -0.05) is 6.07 Å². The maximum absolute atomic E-state index is 12.4. The van der Waals surface area contributed by atoms with E-state index in [-0.39, 0.29) is 0 Å². The molecule has 0 unspecified atom stereocenters. The Labute approximate surface area is 152 Å². The molecule has 1 aromatic heterocycles. The van der Waals surface area contributed by atoms with Crippen molar-refractivity contribution in [3.05, 3.63) is 42.7 Å². The fourth-order valence-corrected chi connectivity index (χ4v) is 2.75. The SMILES string of the molecule is CN(C)c1cccc(NC(=O)C(=O)N2CCN(c3ncccn3)CC2)c1. The minimum atomic E-state index is -0.620. The number of benzene rings is 1. The number of carbonyl (C=O) groups is 2. The van der Waals surface area contributed by atoms with Gasteiger partial charge in [0.2, 0.25) is 5.95 Å². The number of hydrogen-bond donors (Lipinski definition) is 1. The second-order valence-electron chi connectivity index (χ2n) is 6.23. The quantitative estimate of drug-likeness (QED) is 0.823. The van der Waals surface area contributed by atoms with Crippen LogP contribution in [0.15, 0.2) is 42.7 Å². The van der Waals surface area contributed by atoms with Gasteiger partial charge in [0.15, 0.2) is 0 Å². The van der Waals surface area contributed by atoms with Crippen LogP contribution >= 0.6 is 0 Å². The van der Waals surface area contributed by atoms with Gasteiger partial charge in [-0.2, -0.15) is 0 Å². The Morgan fingerprint density at radius 3 is 2.38 bits per heavy atom. The third-order valence-electron chi connectivity index (χ3n) is 4.22. The lowest BCUT2D eigenvalue weighted by atomic mass is 10.2. The normalized spacial score (nSPS) is 14.1. The predicted octanol–water partition coefficient (Wildman–Crippen LogP) is 0.830. The molecule has 8 nitrogen and oxygen atoms in total. The first-order valence-corrected chi connectivity index (χ1v) is 8.44. The van der Waals surface area contributed by atoms with Crippen LogP contribution in [0.1, 0.15) is 0 Å². The molecule has 0 spiro atoms. The summed E-state index contributed by atoms with van der Waals surface area (Å²) in [5, 5.41) is 2.68. The summed E-state index contributed by atoms with van der Waals surface area (Å²) in [5.41, 5.74) is 1.55. The molecule has 0 aliphatic carbocycles. The molecular weight excluding hydrogens is 332 g/mol. The Hall–Kier alpha value is -3.16. The van der Waals surface area contributed by atoms with Gasteiger partial charge in [0.05, 0.1) is 0 Å². The van der Waals surface area contributed by atoms with Crippen LogP contribution in [0.25, 0.3) is 0 Å². The number of piperazine rings is 1. The third kappa shape index (κ3) is 4.08. The van der Waals surface area contributed by atoms with Crippen molar-refractivity contribution in [1.29, 1.82) is 0 Å². The van der Waals surface area contributed by atoms with Crippen molar-refractivity contribution in [2.75, 3.05) is 55.4 Å². The lowest BCUT2D eigenvalue weighted by molar-refractivity contribution is -0.143. The van der Waals surface area contributed by atoms with Crippen LogP contribution in [0.2, 0.25) is 0 Å². The van der Waals surface area contributed by atoms with Crippen molar-refractivity contribution in [1.82, 2.24) is 14.9 Å². The summed E-state index contributed by atoms with van der Waals surface area (Å²) in [6, 6.07) is 9.13. The fraction of sp³-hybridized carbons (Fsp3) is 0.333. The van der Waals surface area contributed by atoms with Gasteiger partial charge in [-0.3, -0.25) is 9.59 Å². The predicted molar refractivity (Wildman–Crippen MR) is 100 cm³/mol. The number of rotatable bonds is 3. The number of nitrogens with one attached hydrogen (secondary N) is 1. The Kier molecular flexibility index (Phi) is 5.31. The Bertz CT molecular complexity index is 772. The zero-order valence-electron chi connectivity index (χ0n) is 14.9. The third-order valence-corrected chi connectivity index (χ3v) is 4.22. The van der Waals surface area contributed by atoms with Crippen LogP contribution in [-0.2, 0) is 9.59 Å². The number of nitrogens with zero attached hydrogens (tertiary/aromatic N) is 5. The molecule has 3 rings (SSSR count). The van der Waals surface area contributed by atoms with E-state index in [1.54, 1.807) is 29.4 Å². The summed E-state index contributed by atoms with van der Waals surface area (Å²) < 4.78 is 0. The smallest absolute Gasteiger partial charge is 0.313 e. The van der Waals surface area contributed by atoms with Gasteiger partial charge in [0.25, 0.3) is 0 Å². The summed E-state index contributed by atoms with van der Waals surface area (Å²) in [4.78, 5) is 38.6. The summed E-state index contributed by atoms with van der Waals surface area (Å²) in [6.07, 6.45) is 3.38. The van der Waals surface area contributed by atoms with E-state index < -0.39 is 11.8 Å². The number of anilines is 3. The van der Waals surface area contributed by atoms with E-state index in [2.05, 4.69) is 15.3 Å². The van der Waals surface area contributed by atoms with E-state index in [4.69, 9.17) is 0 Å². The molecule has 0 radical (unpaired) electrons. The molecule has 0 bridgehead atoms. The highest BCUT2D eigenvalue weighted by Crippen LogP contribution is 2.17. The van der Waals surface area contributed by atoms with E-state index in [0.717, 1.165) is 5.69 Å². The molecule has 2 amide bonds. The number of carbonyl (C=O) groups excluding carboxylic acids is 2. The molecule has 1 N–H and O–H groups in total. The van der Waals surface area contributed by atoms with Crippen molar-refractivity contribution in [3.8, 4) is 0 Å². The van der Waals surface area contributed by atoms with Gasteiger partial charge in [-0.15, -0.1) is 0 Å².